The van der Waals surface area contributed by atoms with E-state index >= 15 is 0 Å². The summed E-state index contributed by atoms with van der Waals surface area (Å²) in [4.78, 5) is 21.0. The molecule has 7 nitrogen and oxygen atoms in total. The second-order valence-corrected chi connectivity index (χ2v) is 10.6. The van der Waals surface area contributed by atoms with E-state index in [0.717, 1.165) is 41.1 Å². The van der Waals surface area contributed by atoms with Gasteiger partial charge in [-0.3, -0.25) is 4.79 Å². The Hall–Kier alpha value is -3.30. The SMILES string of the molecule is CC(=O)NS(=O)(=O)c1ccc(Nc2ncnc3scc(-c4ccc5c(c4)CCCC5)c23)cc1. The predicted molar refractivity (Wildman–Crippen MR) is 130 cm³/mol. The lowest BCUT2D eigenvalue weighted by Crippen LogP contribution is -2.28. The molecule has 0 aliphatic heterocycles. The Balaban J connectivity index is 1.49. The molecule has 33 heavy (non-hydrogen) atoms. The average molecular weight is 479 g/mol. The van der Waals surface area contributed by atoms with Gasteiger partial charge in [-0.1, -0.05) is 18.2 Å². The number of fused-ring (bicyclic) bond motifs is 2. The Morgan fingerprint density at radius 3 is 2.52 bits per heavy atom. The van der Waals surface area contributed by atoms with Crippen molar-refractivity contribution in [2.45, 2.75) is 37.5 Å². The summed E-state index contributed by atoms with van der Waals surface area (Å²) in [6.45, 7) is 1.16. The number of hydrogen-bond donors (Lipinski definition) is 2. The molecule has 0 radical (unpaired) electrons. The molecule has 0 atom stereocenters. The van der Waals surface area contributed by atoms with Crippen LogP contribution in [0.5, 0.6) is 0 Å². The molecule has 2 N–H and O–H groups in total. The summed E-state index contributed by atoms with van der Waals surface area (Å²) in [7, 11) is -3.88. The number of rotatable bonds is 5. The normalized spacial score (nSPS) is 13.5. The van der Waals surface area contributed by atoms with Gasteiger partial charge in [-0.2, -0.15) is 0 Å². The smallest absolute Gasteiger partial charge is 0.264 e. The standard InChI is InChI=1S/C24H22N4O3S2/c1-15(29)28-33(30,31)20-10-8-19(9-11-20)27-23-22-21(13-32-24(22)26-14-25-23)18-7-6-16-4-2-3-5-17(16)12-18/h6-14H,2-5H2,1H3,(H,28,29)(H,25,26,27). The van der Waals surface area contributed by atoms with Crippen molar-refractivity contribution in [3.63, 3.8) is 0 Å². The molecular formula is C24H22N4O3S2. The number of sulfonamides is 1. The first-order valence-corrected chi connectivity index (χ1v) is 13.0. The van der Waals surface area contributed by atoms with Crippen LogP contribution in [0.25, 0.3) is 21.3 Å². The summed E-state index contributed by atoms with van der Waals surface area (Å²) in [5.74, 6) is 0.0270. The molecule has 2 aromatic heterocycles. The number of hydrogen-bond acceptors (Lipinski definition) is 7. The molecule has 9 heteroatoms. The zero-order valence-electron chi connectivity index (χ0n) is 18.0. The highest BCUT2D eigenvalue weighted by atomic mass is 32.2. The van der Waals surface area contributed by atoms with Crippen LogP contribution in [0.2, 0.25) is 0 Å². The molecule has 0 saturated heterocycles. The van der Waals surface area contributed by atoms with E-state index in [-0.39, 0.29) is 4.90 Å². The molecule has 0 unspecified atom stereocenters. The van der Waals surface area contributed by atoms with Gasteiger partial charge in [-0.05, 0) is 66.6 Å². The van der Waals surface area contributed by atoms with E-state index in [0.29, 0.717) is 11.5 Å². The molecule has 0 fully saturated rings. The van der Waals surface area contributed by atoms with Gasteiger partial charge in [0.25, 0.3) is 10.0 Å². The number of nitrogens with one attached hydrogen (secondary N) is 2. The lowest BCUT2D eigenvalue weighted by molar-refractivity contribution is -0.117. The maximum Gasteiger partial charge on any atom is 0.264 e. The number of thiophene rings is 1. The van der Waals surface area contributed by atoms with E-state index in [9.17, 15) is 13.2 Å². The third kappa shape index (κ3) is 4.34. The summed E-state index contributed by atoms with van der Waals surface area (Å²) in [6, 6.07) is 12.9. The zero-order chi connectivity index (χ0) is 23.0. The summed E-state index contributed by atoms with van der Waals surface area (Å²) in [6.07, 6.45) is 6.25. The maximum atomic E-state index is 12.2. The average Bonchev–Trinajstić information content (AvgIpc) is 3.24. The Morgan fingerprint density at radius 1 is 1.00 bits per heavy atom. The lowest BCUT2D eigenvalue weighted by atomic mass is 9.89. The van der Waals surface area contributed by atoms with Crippen LogP contribution in [0.3, 0.4) is 0 Å². The Morgan fingerprint density at radius 2 is 1.76 bits per heavy atom. The lowest BCUT2D eigenvalue weighted by Gasteiger charge is -2.16. The molecule has 4 aromatic rings. The second kappa shape index (κ2) is 8.57. The number of anilines is 2. The van der Waals surface area contributed by atoms with Gasteiger partial charge in [0, 0.05) is 23.6 Å². The highest BCUT2D eigenvalue weighted by molar-refractivity contribution is 7.90. The molecule has 0 saturated carbocycles. The number of benzene rings is 2. The number of amides is 1. The van der Waals surface area contributed by atoms with E-state index < -0.39 is 15.9 Å². The van der Waals surface area contributed by atoms with Crippen LogP contribution in [0.4, 0.5) is 11.5 Å². The van der Waals surface area contributed by atoms with Crippen LogP contribution in [-0.4, -0.2) is 24.3 Å². The van der Waals surface area contributed by atoms with Gasteiger partial charge in [-0.15, -0.1) is 11.3 Å². The van der Waals surface area contributed by atoms with Gasteiger partial charge in [0.05, 0.1) is 10.3 Å². The zero-order valence-corrected chi connectivity index (χ0v) is 19.6. The van der Waals surface area contributed by atoms with Crippen molar-refractivity contribution in [3.8, 4) is 11.1 Å². The highest BCUT2D eigenvalue weighted by Crippen LogP contribution is 2.38. The van der Waals surface area contributed by atoms with Crippen LogP contribution in [-0.2, 0) is 27.7 Å². The molecule has 1 amide bonds. The van der Waals surface area contributed by atoms with Crippen molar-refractivity contribution >= 4 is 49.0 Å². The quantitative estimate of drug-likeness (QED) is 0.427. The number of aryl methyl sites for hydroxylation is 2. The largest absolute Gasteiger partial charge is 0.340 e. The van der Waals surface area contributed by atoms with Crippen molar-refractivity contribution in [1.29, 1.82) is 0 Å². The molecule has 5 rings (SSSR count). The molecule has 2 heterocycles. The van der Waals surface area contributed by atoms with Gasteiger partial charge in [0.2, 0.25) is 5.91 Å². The van der Waals surface area contributed by atoms with Crippen molar-refractivity contribution in [2.24, 2.45) is 0 Å². The molecular weight excluding hydrogens is 456 g/mol. The van der Waals surface area contributed by atoms with Crippen LogP contribution in [0.15, 0.2) is 59.1 Å². The van der Waals surface area contributed by atoms with Gasteiger partial charge in [0.1, 0.15) is 17.0 Å². The monoisotopic (exact) mass is 478 g/mol. The maximum absolute atomic E-state index is 12.2. The second-order valence-electron chi connectivity index (χ2n) is 8.05. The summed E-state index contributed by atoms with van der Waals surface area (Å²) >= 11 is 1.57. The summed E-state index contributed by atoms with van der Waals surface area (Å²) in [5, 5.41) is 6.35. The molecule has 1 aliphatic rings. The fourth-order valence-electron chi connectivity index (χ4n) is 4.19. The van der Waals surface area contributed by atoms with Gasteiger partial charge >= 0.3 is 0 Å². The minimum Gasteiger partial charge on any atom is -0.340 e. The molecule has 0 spiro atoms. The number of aromatic nitrogens is 2. The highest BCUT2D eigenvalue weighted by Gasteiger charge is 2.17. The minimum absolute atomic E-state index is 0.0152. The van der Waals surface area contributed by atoms with E-state index in [1.54, 1.807) is 23.5 Å². The fraction of sp³-hybridized carbons (Fsp3) is 0.208. The van der Waals surface area contributed by atoms with Crippen molar-refractivity contribution in [2.75, 3.05) is 5.32 Å². The van der Waals surface area contributed by atoms with Gasteiger partial charge in [-0.25, -0.2) is 23.1 Å². The van der Waals surface area contributed by atoms with Crippen molar-refractivity contribution < 1.29 is 13.2 Å². The fourth-order valence-corrected chi connectivity index (χ4v) is 6.09. The Bertz CT molecular complexity index is 1460. The van der Waals surface area contributed by atoms with E-state index in [2.05, 4.69) is 38.9 Å². The van der Waals surface area contributed by atoms with E-state index in [4.69, 9.17) is 0 Å². The number of carbonyl (C=O) groups excluding carboxylic acids is 1. The van der Waals surface area contributed by atoms with Crippen LogP contribution >= 0.6 is 11.3 Å². The summed E-state index contributed by atoms with van der Waals surface area (Å²) in [5.41, 5.74) is 5.76. The first kappa shape index (κ1) is 21.5. The molecule has 1 aliphatic carbocycles. The Labute approximate surface area is 196 Å². The first-order chi connectivity index (χ1) is 15.9. The Kier molecular flexibility index (Phi) is 5.59. The molecule has 2 aromatic carbocycles. The first-order valence-electron chi connectivity index (χ1n) is 10.7. The third-order valence-electron chi connectivity index (χ3n) is 5.74. The van der Waals surface area contributed by atoms with E-state index in [1.165, 1.54) is 42.4 Å². The van der Waals surface area contributed by atoms with Crippen LogP contribution in [0, 0.1) is 0 Å². The third-order valence-corrected chi connectivity index (χ3v) is 8.07. The number of carbonyl (C=O) groups is 1. The molecule has 168 valence electrons. The van der Waals surface area contributed by atoms with Crippen molar-refractivity contribution in [1.82, 2.24) is 14.7 Å². The topological polar surface area (TPSA) is 101 Å². The predicted octanol–water partition coefficient (Wildman–Crippen LogP) is 4.81. The minimum atomic E-state index is -3.88. The van der Waals surface area contributed by atoms with Gasteiger partial charge in [0.15, 0.2) is 0 Å². The van der Waals surface area contributed by atoms with E-state index in [1.807, 2.05) is 4.72 Å². The molecule has 0 bridgehead atoms. The van der Waals surface area contributed by atoms with Crippen LogP contribution < -0.4 is 10.0 Å². The summed E-state index contributed by atoms with van der Waals surface area (Å²) < 4.78 is 26.3. The van der Waals surface area contributed by atoms with Crippen LogP contribution in [0.1, 0.15) is 30.9 Å². The number of nitrogens with zero attached hydrogens (tertiary/aromatic N) is 2. The van der Waals surface area contributed by atoms with Crippen molar-refractivity contribution in [3.05, 3.63) is 65.3 Å². The van der Waals surface area contributed by atoms with Gasteiger partial charge < -0.3 is 5.32 Å².